The van der Waals surface area contributed by atoms with Crippen molar-refractivity contribution in [3.63, 3.8) is 0 Å². The van der Waals surface area contributed by atoms with Crippen LogP contribution in [0.1, 0.15) is 55.8 Å². The molecule has 0 unspecified atom stereocenters. The molecule has 4 N–H and O–H groups in total. The number of esters is 1. The van der Waals surface area contributed by atoms with Gasteiger partial charge < -0.3 is 44.3 Å². The van der Waals surface area contributed by atoms with Gasteiger partial charge in [-0.15, -0.1) is 0 Å². The number of piperidine rings is 1. The van der Waals surface area contributed by atoms with Crippen LogP contribution < -0.4 is 5.32 Å². The fourth-order valence-electron chi connectivity index (χ4n) is 12.5. The summed E-state index contributed by atoms with van der Waals surface area (Å²) in [7, 11) is 6.66. The van der Waals surface area contributed by atoms with Gasteiger partial charge in [0.1, 0.15) is 11.2 Å². The third-order valence-electron chi connectivity index (χ3n) is 13.8. The van der Waals surface area contributed by atoms with E-state index < -0.39 is 52.0 Å². The Morgan fingerprint density at radius 3 is 2.43 bits per heavy atom. The number of aliphatic carboxylic acids is 1. The lowest BCUT2D eigenvalue weighted by molar-refractivity contribution is -0.320. The fourth-order valence-corrected chi connectivity index (χ4v) is 12.5. The van der Waals surface area contributed by atoms with Gasteiger partial charge >= 0.3 is 11.9 Å². The molecule has 0 aromatic heterocycles. The summed E-state index contributed by atoms with van der Waals surface area (Å²) < 4.78 is 31.2. The highest BCUT2D eigenvalue weighted by molar-refractivity contribution is 6.01. The van der Waals surface area contributed by atoms with Crippen molar-refractivity contribution >= 4 is 23.5 Å². The number of carbonyl (C=O) groups excluding carboxylic acids is 2. The average Bonchev–Trinajstić information content (AvgIpc) is 3.51. The first-order valence-electron chi connectivity index (χ1n) is 17.5. The summed E-state index contributed by atoms with van der Waals surface area (Å²) in [5.74, 6) is -2.97. The Morgan fingerprint density at radius 2 is 1.78 bits per heavy atom. The molecular formula is C36H50N2O11. The highest BCUT2D eigenvalue weighted by atomic mass is 16.5. The summed E-state index contributed by atoms with van der Waals surface area (Å²) in [5.41, 5.74) is -4.18. The summed E-state index contributed by atoms with van der Waals surface area (Å²) >= 11 is 0. The maximum absolute atomic E-state index is 13.9. The van der Waals surface area contributed by atoms with Crippen LogP contribution in [0.5, 0.6) is 0 Å². The van der Waals surface area contributed by atoms with E-state index in [2.05, 4.69) is 17.1 Å². The van der Waals surface area contributed by atoms with Crippen LogP contribution in [-0.4, -0.2) is 128 Å². The minimum absolute atomic E-state index is 0.0305. The number of rotatable bonds is 12. The zero-order valence-electron chi connectivity index (χ0n) is 28.9. The van der Waals surface area contributed by atoms with Crippen LogP contribution in [0.3, 0.4) is 0 Å². The van der Waals surface area contributed by atoms with E-state index >= 15 is 0 Å². The number of aliphatic hydroxyl groups is 2. The molecular weight excluding hydrogens is 636 g/mol. The molecule has 7 rings (SSSR count). The van der Waals surface area contributed by atoms with Crippen LogP contribution in [0.4, 0.5) is 5.69 Å². The number of nitrogens with one attached hydrogen (secondary N) is 1. The van der Waals surface area contributed by atoms with E-state index in [-0.39, 0.29) is 79.1 Å². The topological polar surface area (TPSA) is 173 Å². The van der Waals surface area contributed by atoms with Gasteiger partial charge in [0.25, 0.3) is 0 Å². The Morgan fingerprint density at radius 1 is 1.02 bits per heavy atom. The molecule has 0 radical (unpaired) electrons. The van der Waals surface area contributed by atoms with Gasteiger partial charge in [0.15, 0.2) is 0 Å². The lowest BCUT2D eigenvalue weighted by Gasteiger charge is -2.70. The van der Waals surface area contributed by atoms with Gasteiger partial charge in [-0.25, -0.2) is 4.79 Å². The summed E-state index contributed by atoms with van der Waals surface area (Å²) in [6.45, 7) is 3.20. The first kappa shape index (κ1) is 34.8. The number of carboxylic acid groups (broad SMARTS) is 1. The van der Waals surface area contributed by atoms with Crippen molar-refractivity contribution < 1.29 is 53.4 Å². The van der Waals surface area contributed by atoms with Crippen molar-refractivity contribution in [3.05, 3.63) is 29.8 Å². The second-order valence-electron chi connectivity index (χ2n) is 15.2. The Balaban J connectivity index is 1.29. The molecule has 1 aliphatic heterocycles. The molecule has 1 amide bonds. The van der Waals surface area contributed by atoms with Crippen molar-refractivity contribution in [2.75, 3.05) is 53.5 Å². The fraction of sp³-hybridized carbons (Fsp3) is 0.750. The van der Waals surface area contributed by atoms with Crippen molar-refractivity contribution in [1.29, 1.82) is 0 Å². The number of benzene rings is 1. The monoisotopic (exact) mass is 686 g/mol. The number of amides is 1. The van der Waals surface area contributed by atoms with Crippen molar-refractivity contribution in [3.8, 4) is 0 Å². The number of fused-ring (bicyclic) bond motifs is 2. The first-order valence-corrected chi connectivity index (χ1v) is 17.5. The Labute approximate surface area is 286 Å². The number of para-hydroxylation sites is 1. The SMILES string of the molecule is CCN1C[C@]2(COC(=O)c3ccccc3NC(=O)CCC(=O)O)CC[C@@H](OC)[C@@]34[C@@H]5C[C@H]6[C@H](OC)[C@@H]5[C@](O)(C[C@@H]6OC)[C@@](O)([C@@H](OC)[C@H]23)[C@@H]14. The zero-order chi connectivity index (χ0) is 35.1. The number of carboxylic acids is 1. The first-order chi connectivity index (χ1) is 23.4. The van der Waals surface area contributed by atoms with Crippen LogP contribution in [0.25, 0.3) is 0 Å². The number of nitrogens with zero attached hydrogens (tertiary/aromatic N) is 1. The van der Waals surface area contributed by atoms with E-state index in [1.165, 1.54) is 0 Å². The number of hydrogen-bond donors (Lipinski definition) is 4. The predicted octanol–water partition coefficient (Wildman–Crippen LogP) is 1.94. The molecule has 5 aliphatic carbocycles. The van der Waals surface area contributed by atoms with Crippen LogP contribution in [0, 0.1) is 34.5 Å². The number of anilines is 1. The van der Waals surface area contributed by atoms with Gasteiger partial charge in [-0.2, -0.15) is 0 Å². The van der Waals surface area contributed by atoms with Crippen LogP contribution in [0.15, 0.2) is 24.3 Å². The molecule has 6 aliphatic rings. The Hall–Kier alpha value is -2.65. The standard InChI is InChI=1S/C36H50N2O11/c1-6-38-17-33(18-49-31(42)19-9-7-8-10-22(19)37-25(39)11-12-26(40)41)14-13-24(46-3)35-21-15-20-23(45-2)16-34(43,27(21)28(20)47-4)36(44,32(35)38)30(48-5)29(33)35/h7-10,20-21,23-24,27-30,32,43-44H,6,11-18H2,1-5H3,(H,37,39)(H,40,41)/t20-,21-,23+,24-,27-,28+,29-,30+,32+,33+,34-,35+,36-/m1/s1. The maximum atomic E-state index is 13.9. The third-order valence-corrected chi connectivity index (χ3v) is 13.8. The smallest absolute Gasteiger partial charge is 0.340 e. The second kappa shape index (κ2) is 12.2. The summed E-state index contributed by atoms with van der Waals surface area (Å²) in [6.07, 6.45) is 0.0966. The molecule has 13 heteroatoms. The van der Waals surface area contributed by atoms with Gasteiger partial charge in [-0.1, -0.05) is 19.1 Å². The molecule has 1 aromatic rings. The predicted molar refractivity (Wildman–Crippen MR) is 174 cm³/mol. The minimum Gasteiger partial charge on any atom is -0.481 e. The molecule has 7 bridgehead atoms. The summed E-state index contributed by atoms with van der Waals surface area (Å²) in [6, 6.07) is 6.04. The molecule has 1 spiro atoms. The molecule has 5 saturated carbocycles. The van der Waals surface area contributed by atoms with E-state index in [1.807, 2.05) is 0 Å². The second-order valence-corrected chi connectivity index (χ2v) is 15.2. The van der Waals surface area contributed by atoms with Gasteiger partial charge in [-0.05, 0) is 43.9 Å². The Kier molecular flexibility index (Phi) is 8.69. The van der Waals surface area contributed by atoms with Gasteiger partial charge in [0.2, 0.25) is 5.91 Å². The highest BCUT2D eigenvalue weighted by Crippen LogP contribution is 2.80. The Bertz CT molecular complexity index is 1490. The number of hydrogen-bond acceptors (Lipinski definition) is 11. The maximum Gasteiger partial charge on any atom is 0.340 e. The number of likely N-dealkylation sites (N-methyl/N-ethyl adjacent to an activating group) is 1. The molecule has 13 nitrogen and oxygen atoms in total. The molecule has 1 saturated heterocycles. The molecule has 13 atom stereocenters. The number of likely N-dealkylation sites (tertiary alicyclic amines) is 1. The third kappa shape index (κ3) is 4.45. The average molecular weight is 687 g/mol. The highest BCUT2D eigenvalue weighted by Gasteiger charge is 2.91. The van der Waals surface area contributed by atoms with Gasteiger partial charge in [-0.3, -0.25) is 14.5 Å². The summed E-state index contributed by atoms with van der Waals surface area (Å²) in [4.78, 5) is 39.6. The van der Waals surface area contributed by atoms with Crippen molar-refractivity contribution in [2.45, 2.75) is 87.1 Å². The molecule has 1 aromatic carbocycles. The van der Waals surface area contributed by atoms with E-state index in [4.69, 9.17) is 28.8 Å². The molecule has 49 heavy (non-hydrogen) atoms. The zero-order valence-corrected chi connectivity index (χ0v) is 28.9. The van der Waals surface area contributed by atoms with Crippen LogP contribution in [-0.2, 0) is 33.3 Å². The minimum atomic E-state index is -1.70. The van der Waals surface area contributed by atoms with E-state index in [0.717, 1.165) is 6.42 Å². The molecule has 6 fully saturated rings. The van der Waals surface area contributed by atoms with Gasteiger partial charge in [0, 0.05) is 76.4 Å². The van der Waals surface area contributed by atoms with E-state index in [0.29, 0.717) is 25.9 Å². The lowest BCUT2D eigenvalue weighted by atomic mass is 9.42. The number of carbonyl (C=O) groups is 3. The van der Waals surface area contributed by atoms with E-state index in [1.54, 1.807) is 52.7 Å². The van der Waals surface area contributed by atoms with E-state index in [9.17, 15) is 24.6 Å². The summed E-state index contributed by atoms with van der Waals surface area (Å²) in [5, 5.41) is 38.2. The van der Waals surface area contributed by atoms with Crippen LogP contribution in [0.2, 0.25) is 0 Å². The normalized spacial score (nSPS) is 44.4. The lowest BCUT2D eigenvalue weighted by Crippen LogP contribution is -2.82. The van der Waals surface area contributed by atoms with Gasteiger partial charge in [0.05, 0.1) is 54.7 Å². The molecule has 270 valence electrons. The number of methoxy groups -OCH3 is 4. The largest absolute Gasteiger partial charge is 0.481 e. The van der Waals surface area contributed by atoms with Crippen molar-refractivity contribution in [2.24, 2.45) is 34.5 Å². The van der Waals surface area contributed by atoms with Crippen molar-refractivity contribution in [1.82, 2.24) is 4.90 Å². The number of ether oxygens (including phenoxy) is 5. The quantitative estimate of drug-likeness (QED) is 0.236. The molecule has 1 heterocycles. The van der Waals surface area contributed by atoms with Crippen LogP contribution >= 0.6 is 0 Å².